The lowest BCUT2D eigenvalue weighted by Gasteiger charge is -2.28. The number of methoxy groups -OCH3 is 2. The van der Waals surface area contributed by atoms with Crippen LogP contribution in [0, 0.1) is 0 Å². The molecule has 2 aromatic heterocycles. The molecule has 1 N–H and O–H groups in total. The van der Waals surface area contributed by atoms with Gasteiger partial charge in [-0.25, -0.2) is 4.98 Å². The Labute approximate surface area is 191 Å². The number of imidazole rings is 1. The molecule has 168 valence electrons. The highest BCUT2D eigenvalue weighted by molar-refractivity contribution is 6.00. The van der Waals surface area contributed by atoms with Crippen molar-refractivity contribution in [3.8, 4) is 22.8 Å². The lowest BCUT2D eigenvalue weighted by molar-refractivity contribution is 0.0738. The molecule has 0 spiro atoms. The molecule has 33 heavy (non-hydrogen) atoms. The van der Waals surface area contributed by atoms with Crippen LogP contribution in [0.2, 0.25) is 0 Å². The Morgan fingerprint density at radius 1 is 1.06 bits per heavy atom. The molecule has 0 radical (unpaired) electrons. The average Bonchev–Trinajstić information content (AvgIpc) is 3.58. The Balaban J connectivity index is 1.57. The average molecular weight is 444 g/mol. The van der Waals surface area contributed by atoms with Crippen LogP contribution in [-0.4, -0.2) is 51.3 Å². The number of aromatic amines is 1. The van der Waals surface area contributed by atoms with Crippen LogP contribution >= 0.6 is 0 Å². The van der Waals surface area contributed by atoms with Crippen LogP contribution in [0.1, 0.15) is 34.1 Å². The van der Waals surface area contributed by atoms with Crippen LogP contribution in [0.5, 0.6) is 11.5 Å². The van der Waals surface area contributed by atoms with Gasteiger partial charge in [0.05, 0.1) is 32.3 Å². The second-order valence-corrected chi connectivity index (χ2v) is 7.89. The number of carbonyl (C=O) groups is 1. The minimum absolute atomic E-state index is 0.0619. The van der Waals surface area contributed by atoms with E-state index in [9.17, 15) is 4.79 Å². The van der Waals surface area contributed by atoms with E-state index >= 15 is 0 Å². The summed E-state index contributed by atoms with van der Waals surface area (Å²) in [6, 6.07) is 15.3. The predicted octanol–water partition coefficient (Wildman–Crippen LogP) is 3.93. The minimum atomic E-state index is -0.329. The van der Waals surface area contributed by atoms with Gasteiger partial charge in [-0.3, -0.25) is 9.89 Å². The van der Waals surface area contributed by atoms with Crippen LogP contribution in [0.25, 0.3) is 11.3 Å². The van der Waals surface area contributed by atoms with Gasteiger partial charge < -0.3 is 18.9 Å². The number of rotatable bonds is 8. The number of amides is 1. The van der Waals surface area contributed by atoms with Gasteiger partial charge in [-0.15, -0.1) is 0 Å². The smallest absolute Gasteiger partial charge is 0.273 e. The molecular weight excluding hydrogens is 418 g/mol. The summed E-state index contributed by atoms with van der Waals surface area (Å²) < 4.78 is 13.1. The van der Waals surface area contributed by atoms with Gasteiger partial charge >= 0.3 is 0 Å². The highest BCUT2D eigenvalue weighted by Gasteiger charge is 2.43. The standard InChI is InChI=1S/C25H25N5O3/c1-32-18-9-10-19(20(15-18)33-2)24-21-22(17-7-4-3-5-8-17)27-28-23(21)25(31)30(24)13-6-12-29-14-11-26-16-29/h3-5,7-11,14-16,24H,6,12-13H2,1-2H3,(H,27,28). The zero-order valence-electron chi connectivity index (χ0n) is 18.6. The van der Waals surface area contributed by atoms with E-state index in [-0.39, 0.29) is 11.9 Å². The van der Waals surface area contributed by atoms with Crippen molar-refractivity contribution in [2.24, 2.45) is 0 Å². The number of ether oxygens (including phenoxy) is 2. The molecule has 3 heterocycles. The first-order valence-corrected chi connectivity index (χ1v) is 10.8. The van der Waals surface area contributed by atoms with Crippen LogP contribution < -0.4 is 9.47 Å². The van der Waals surface area contributed by atoms with E-state index in [0.29, 0.717) is 23.7 Å². The number of hydrogen-bond donors (Lipinski definition) is 1. The molecule has 0 aliphatic carbocycles. The molecule has 2 aromatic carbocycles. The highest BCUT2D eigenvalue weighted by Crippen LogP contribution is 2.46. The molecule has 4 aromatic rings. The van der Waals surface area contributed by atoms with Crippen molar-refractivity contribution in [2.45, 2.75) is 19.0 Å². The summed E-state index contributed by atoms with van der Waals surface area (Å²) in [5, 5.41) is 7.53. The molecule has 1 unspecified atom stereocenters. The number of hydrogen-bond acceptors (Lipinski definition) is 5. The molecule has 8 heteroatoms. The first-order chi connectivity index (χ1) is 16.2. The fourth-order valence-electron chi connectivity index (χ4n) is 4.45. The fraction of sp³-hybridized carbons (Fsp3) is 0.240. The van der Waals surface area contributed by atoms with Gasteiger partial charge in [0, 0.05) is 48.2 Å². The normalized spacial score (nSPS) is 15.0. The maximum atomic E-state index is 13.5. The van der Waals surface area contributed by atoms with E-state index in [1.165, 1.54) is 0 Å². The van der Waals surface area contributed by atoms with Gasteiger partial charge in [-0.1, -0.05) is 30.3 Å². The molecule has 0 saturated carbocycles. The number of aryl methyl sites for hydroxylation is 1. The lowest BCUT2D eigenvalue weighted by Crippen LogP contribution is -2.31. The highest BCUT2D eigenvalue weighted by atomic mass is 16.5. The lowest BCUT2D eigenvalue weighted by atomic mass is 9.95. The minimum Gasteiger partial charge on any atom is -0.497 e. The third-order valence-electron chi connectivity index (χ3n) is 6.02. The van der Waals surface area contributed by atoms with E-state index in [2.05, 4.69) is 15.2 Å². The molecule has 0 bridgehead atoms. The molecule has 1 amide bonds. The first-order valence-electron chi connectivity index (χ1n) is 10.8. The molecular formula is C25H25N5O3. The number of H-pyrrole nitrogens is 1. The molecule has 5 rings (SSSR count). The Kier molecular flexibility index (Phi) is 5.56. The molecule has 1 atom stereocenters. The van der Waals surface area contributed by atoms with Gasteiger partial charge in [-0.2, -0.15) is 5.10 Å². The summed E-state index contributed by atoms with van der Waals surface area (Å²) in [6.07, 6.45) is 6.26. The van der Waals surface area contributed by atoms with Crippen molar-refractivity contribution in [2.75, 3.05) is 20.8 Å². The molecule has 0 saturated heterocycles. The largest absolute Gasteiger partial charge is 0.497 e. The van der Waals surface area contributed by atoms with E-state index < -0.39 is 0 Å². The number of aromatic nitrogens is 4. The van der Waals surface area contributed by atoms with Gasteiger partial charge in [-0.05, 0) is 18.6 Å². The van der Waals surface area contributed by atoms with Crippen molar-refractivity contribution in [3.63, 3.8) is 0 Å². The van der Waals surface area contributed by atoms with Crippen LogP contribution in [-0.2, 0) is 6.54 Å². The van der Waals surface area contributed by atoms with Crippen molar-refractivity contribution in [1.82, 2.24) is 24.6 Å². The molecule has 0 fully saturated rings. The monoisotopic (exact) mass is 443 g/mol. The van der Waals surface area contributed by atoms with Crippen molar-refractivity contribution >= 4 is 5.91 Å². The van der Waals surface area contributed by atoms with E-state index in [1.54, 1.807) is 26.7 Å². The van der Waals surface area contributed by atoms with E-state index in [4.69, 9.17) is 9.47 Å². The number of fused-ring (bicyclic) bond motifs is 1. The Hall–Kier alpha value is -4.07. The Bertz CT molecular complexity index is 1250. The van der Waals surface area contributed by atoms with Crippen LogP contribution in [0.4, 0.5) is 0 Å². The fourth-order valence-corrected chi connectivity index (χ4v) is 4.45. The predicted molar refractivity (Wildman–Crippen MR) is 123 cm³/mol. The maximum Gasteiger partial charge on any atom is 0.273 e. The summed E-state index contributed by atoms with van der Waals surface area (Å²) in [7, 11) is 3.25. The van der Waals surface area contributed by atoms with Crippen molar-refractivity contribution in [3.05, 3.63) is 84.1 Å². The zero-order valence-corrected chi connectivity index (χ0v) is 18.6. The maximum absolute atomic E-state index is 13.5. The second kappa shape index (κ2) is 8.82. The van der Waals surface area contributed by atoms with Crippen molar-refractivity contribution < 1.29 is 14.3 Å². The van der Waals surface area contributed by atoms with Crippen LogP contribution in [0.3, 0.4) is 0 Å². The number of nitrogens with one attached hydrogen (secondary N) is 1. The van der Waals surface area contributed by atoms with Crippen molar-refractivity contribution in [1.29, 1.82) is 0 Å². The van der Waals surface area contributed by atoms with E-state index in [0.717, 1.165) is 35.3 Å². The first kappa shape index (κ1) is 20.8. The van der Waals surface area contributed by atoms with Gasteiger partial charge in [0.25, 0.3) is 5.91 Å². The topological polar surface area (TPSA) is 85.3 Å². The summed E-state index contributed by atoms with van der Waals surface area (Å²) >= 11 is 0. The second-order valence-electron chi connectivity index (χ2n) is 7.89. The summed E-state index contributed by atoms with van der Waals surface area (Å²) in [6.45, 7) is 1.35. The summed E-state index contributed by atoms with van der Waals surface area (Å²) in [5.41, 5.74) is 4.03. The third kappa shape index (κ3) is 3.73. The van der Waals surface area contributed by atoms with Gasteiger partial charge in [0.15, 0.2) is 0 Å². The zero-order chi connectivity index (χ0) is 22.8. The SMILES string of the molecule is COc1ccc(C2c3c(-c4ccccc4)n[nH]c3C(=O)N2CCCn2ccnc2)c(OC)c1. The number of benzene rings is 2. The summed E-state index contributed by atoms with van der Waals surface area (Å²) in [4.78, 5) is 19.5. The third-order valence-corrected chi connectivity index (χ3v) is 6.02. The summed E-state index contributed by atoms with van der Waals surface area (Å²) in [5.74, 6) is 1.30. The van der Waals surface area contributed by atoms with Gasteiger partial charge in [0.1, 0.15) is 17.2 Å². The molecule has 8 nitrogen and oxygen atoms in total. The Morgan fingerprint density at radius 2 is 1.91 bits per heavy atom. The van der Waals surface area contributed by atoms with Gasteiger partial charge in [0.2, 0.25) is 0 Å². The molecule has 1 aliphatic heterocycles. The Morgan fingerprint density at radius 3 is 2.64 bits per heavy atom. The number of nitrogens with zero attached hydrogens (tertiary/aromatic N) is 4. The number of carbonyl (C=O) groups excluding carboxylic acids is 1. The van der Waals surface area contributed by atoms with Crippen LogP contribution in [0.15, 0.2) is 67.3 Å². The quantitative estimate of drug-likeness (QED) is 0.446. The molecule has 1 aliphatic rings. The van der Waals surface area contributed by atoms with E-state index in [1.807, 2.05) is 64.2 Å².